The Morgan fingerprint density at radius 1 is 1.11 bits per heavy atom. The van der Waals surface area contributed by atoms with Gasteiger partial charge in [-0.2, -0.15) is 0 Å². The average molecular weight is 494 g/mol. The van der Waals surface area contributed by atoms with E-state index in [2.05, 4.69) is 20.9 Å². The minimum absolute atomic E-state index is 0.00142. The van der Waals surface area contributed by atoms with E-state index in [0.717, 1.165) is 17.7 Å². The molecule has 1 heterocycles. The van der Waals surface area contributed by atoms with Gasteiger partial charge in [0, 0.05) is 30.8 Å². The largest absolute Gasteiger partial charge is 0.508 e. The van der Waals surface area contributed by atoms with E-state index in [1.54, 1.807) is 13.0 Å². The maximum atomic E-state index is 12.2. The van der Waals surface area contributed by atoms with Crippen LogP contribution in [0.2, 0.25) is 0 Å². The van der Waals surface area contributed by atoms with Crippen LogP contribution in [0.15, 0.2) is 36.4 Å². The predicted octanol–water partition coefficient (Wildman–Crippen LogP) is 5.00. The number of rotatable bonds is 8. The molecular formula is C27H35N5O4. The third-order valence-corrected chi connectivity index (χ3v) is 6.55. The standard InChI is InChI=1S/C27H35N5O4/c1-4-28-27(35)36-26-25(19-12-10-18(11-13-19)16-29-20-8-6-5-7-9-20)32(31-30-26)22-14-21(17(2)3)23(33)15-24(22)34/h10-15,17,20,29,33-34H,4-9,16H2,1-3H3,(H,28,35). The summed E-state index contributed by atoms with van der Waals surface area (Å²) >= 11 is 0. The second-order valence-electron chi connectivity index (χ2n) is 9.54. The van der Waals surface area contributed by atoms with Gasteiger partial charge >= 0.3 is 6.09 Å². The molecule has 4 rings (SSSR count). The molecule has 0 aliphatic heterocycles. The van der Waals surface area contributed by atoms with E-state index in [1.807, 2.05) is 38.1 Å². The van der Waals surface area contributed by atoms with Crippen LogP contribution in [0.1, 0.15) is 69.9 Å². The Morgan fingerprint density at radius 3 is 2.50 bits per heavy atom. The molecule has 192 valence electrons. The lowest BCUT2D eigenvalue weighted by atomic mass is 9.95. The molecular weight excluding hydrogens is 458 g/mol. The van der Waals surface area contributed by atoms with Crippen molar-refractivity contribution in [1.29, 1.82) is 0 Å². The number of amides is 1. The fourth-order valence-electron chi connectivity index (χ4n) is 4.58. The first-order chi connectivity index (χ1) is 17.4. The Kier molecular flexibility index (Phi) is 8.10. The number of aromatic nitrogens is 3. The Balaban J connectivity index is 1.68. The molecule has 0 unspecified atom stereocenters. The first kappa shape index (κ1) is 25.5. The molecule has 2 aromatic carbocycles. The zero-order valence-corrected chi connectivity index (χ0v) is 21.1. The molecule has 9 heteroatoms. The number of hydrogen-bond donors (Lipinski definition) is 4. The molecule has 1 aromatic heterocycles. The Labute approximate surface area is 211 Å². The van der Waals surface area contributed by atoms with Crippen LogP contribution in [0.4, 0.5) is 4.79 Å². The summed E-state index contributed by atoms with van der Waals surface area (Å²) in [5.74, 6) is -0.131. The lowest BCUT2D eigenvalue weighted by molar-refractivity contribution is 0.199. The topological polar surface area (TPSA) is 122 Å². The highest BCUT2D eigenvalue weighted by Gasteiger charge is 2.23. The van der Waals surface area contributed by atoms with Crippen molar-refractivity contribution in [2.75, 3.05) is 6.54 Å². The van der Waals surface area contributed by atoms with Gasteiger partial charge in [-0.3, -0.25) is 0 Å². The molecule has 1 amide bonds. The summed E-state index contributed by atoms with van der Waals surface area (Å²) in [5.41, 5.74) is 3.26. The number of hydrogen-bond acceptors (Lipinski definition) is 7. The number of aromatic hydroxyl groups is 2. The normalized spacial score (nSPS) is 14.2. The molecule has 0 spiro atoms. The van der Waals surface area contributed by atoms with Crippen molar-refractivity contribution in [1.82, 2.24) is 25.6 Å². The molecule has 9 nitrogen and oxygen atoms in total. The number of ether oxygens (including phenoxy) is 1. The van der Waals surface area contributed by atoms with E-state index in [4.69, 9.17) is 4.74 Å². The van der Waals surface area contributed by atoms with Gasteiger partial charge in [-0.05, 0) is 42.9 Å². The van der Waals surface area contributed by atoms with Gasteiger partial charge in [-0.1, -0.05) is 67.7 Å². The zero-order valence-electron chi connectivity index (χ0n) is 21.1. The fraction of sp³-hybridized carbons (Fsp3) is 0.444. The first-order valence-corrected chi connectivity index (χ1v) is 12.7. The average Bonchev–Trinajstić information content (AvgIpc) is 3.26. The highest BCUT2D eigenvalue weighted by molar-refractivity contribution is 5.75. The number of phenols is 2. The Hall–Kier alpha value is -3.59. The van der Waals surface area contributed by atoms with Crippen molar-refractivity contribution in [2.24, 2.45) is 0 Å². The summed E-state index contributed by atoms with van der Waals surface area (Å²) in [4.78, 5) is 12.2. The summed E-state index contributed by atoms with van der Waals surface area (Å²) in [6.07, 6.45) is 5.69. The van der Waals surface area contributed by atoms with E-state index in [-0.39, 0.29) is 23.3 Å². The zero-order chi connectivity index (χ0) is 25.7. The predicted molar refractivity (Wildman–Crippen MR) is 138 cm³/mol. The molecule has 4 N–H and O–H groups in total. The minimum atomic E-state index is -0.642. The number of carbonyl (C=O) groups excluding carboxylic acids is 1. The van der Waals surface area contributed by atoms with Gasteiger partial charge in [-0.25, -0.2) is 9.48 Å². The molecule has 1 aliphatic rings. The van der Waals surface area contributed by atoms with Crippen LogP contribution in [0.25, 0.3) is 16.9 Å². The molecule has 1 aliphatic carbocycles. The number of nitrogens with one attached hydrogen (secondary N) is 2. The number of nitrogens with zero attached hydrogens (tertiary/aromatic N) is 3. The smallest absolute Gasteiger partial charge is 0.414 e. The molecule has 0 atom stereocenters. The number of carbonyl (C=O) groups is 1. The first-order valence-electron chi connectivity index (χ1n) is 12.7. The highest BCUT2D eigenvalue weighted by atomic mass is 16.6. The Morgan fingerprint density at radius 2 is 1.83 bits per heavy atom. The molecule has 0 saturated heterocycles. The summed E-state index contributed by atoms with van der Waals surface area (Å²) in [6, 6.07) is 11.4. The van der Waals surface area contributed by atoms with E-state index < -0.39 is 6.09 Å². The summed E-state index contributed by atoms with van der Waals surface area (Å²) in [5, 5.41) is 35.5. The minimum Gasteiger partial charge on any atom is -0.508 e. The SMILES string of the molecule is CCNC(=O)Oc1nnn(-c2cc(C(C)C)c(O)cc2O)c1-c1ccc(CNC2CCCCC2)cc1. The van der Waals surface area contributed by atoms with Gasteiger partial charge < -0.3 is 25.6 Å². The lowest BCUT2D eigenvalue weighted by Gasteiger charge is -2.22. The molecule has 0 bridgehead atoms. The maximum absolute atomic E-state index is 12.2. The summed E-state index contributed by atoms with van der Waals surface area (Å²) in [6.45, 7) is 6.87. The van der Waals surface area contributed by atoms with Crippen LogP contribution in [0, 0.1) is 0 Å². The third kappa shape index (κ3) is 5.79. The fourth-order valence-corrected chi connectivity index (χ4v) is 4.58. The maximum Gasteiger partial charge on any atom is 0.414 e. The van der Waals surface area contributed by atoms with Crippen molar-refractivity contribution in [2.45, 2.75) is 71.4 Å². The highest BCUT2D eigenvalue weighted by Crippen LogP contribution is 2.38. The van der Waals surface area contributed by atoms with Crippen molar-refractivity contribution in [3.05, 3.63) is 47.5 Å². The number of phenolic OH excluding ortho intramolecular Hbond substituents is 2. The van der Waals surface area contributed by atoms with Crippen molar-refractivity contribution < 1.29 is 19.7 Å². The van der Waals surface area contributed by atoms with Gasteiger partial charge in [0.15, 0.2) is 0 Å². The molecule has 0 radical (unpaired) electrons. The second kappa shape index (κ2) is 11.4. The van der Waals surface area contributed by atoms with E-state index in [1.165, 1.54) is 42.9 Å². The summed E-state index contributed by atoms with van der Waals surface area (Å²) in [7, 11) is 0. The van der Waals surface area contributed by atoms with Crippen LogP contribution in [0.3, 0.4) is 0 Å². The van der Waals surface area contributed by atoms with E-state index >= 15 is 0 Å². The van der Waals surface area contributed by atoms with Crippen LogP contribution in [-0.2, 0) is 6.54 Å². The van der Waals surface area contributed by atoms with Crippen LogP contribution >= 0.6 is 0 Å². The van der Waals surface area contributed by atoms with E-state index in [0.29, 0.717) is 29.5 Å². The number of benzene rings is 2. The molecule has 1 fully saturated rings. The van der Waals surface area contributed by atoms with Crippen LogP contribution < -0.4 is 15.4 Å². The quantitative estimate of drug-likeness (QED) is 0.348. The molecule has 3 aromatic rings. The van der Waals surface area contributed by atoms with Gasteiger partial charge in [0.1, 0.15) is 22.9 Å². The lowest BCUT2D eigenvalue weighted by Crippen LogP contribution is -2.30. The second-order valence-corrected chi connectivity index (χ2v) is 9.54. The van der Waals surface area contributed by atoms with Gasteiger partial charge in [0.2, 0.25) is 0 Å². The summed E-state index contributed by atoms with van der Waals surface area (Å²) < 4.78 is 6.89. The van der Waals surface area contributed by atoms with Crippen LogP contribution in [0.5, 0.6) is 17.4 Å². The third-order valence-electron chi connectivity index (χ3n) is 6.55. The van der Waals surface area contributed by atoms with E-state index in [9.17, 15) is 15.0 Å². The van der Waals surface area contributed by atoms with Gasteiger partial charge in [0.25, 0.3) is 5.88 Å². The monoisotopic (exact) mass is 493 g/mol. The van der Waals surface area contributed by atoms with Crippen molar-refractivity contribution in [3.63, 3.8) is 0 Å². The molecule has 1 saturated carbocycles. The van der Waals surface area contributed by atoms with Gasteiger partial charge in [-0.15, -0.1) is 0 Å². The molecule has 36 heavy (non-hydrogen) atoms. The van der Waals surface area contributed by atoms with Crippen molar-refractivity contribution in [3.8, 4) is 34.3 Å². The van der Waals surface area contributed by atoms with Crippen molar-refractivity contribution >= 4 is 6.09 Å². The van der Waals surface area contributed by atoms with Gasteiger partial charge in [0.05, 0.1) is 0 Å². The Bertz CT molecular complexity index is 1180. The van der Waals surface area contributed by atoms with Crippen LogP contribution in [-0.4, -0.2) is 43.9 Å².